The Bertz CT molecular complexity index is 302. The number of hydrogen-bond donors (Lipinski definition) is 2. The summed E-state index contributed by atoms with van der Waals surface area (Å²) in [7, 11) is 0. The van der Waals surface area contributed by atoms with Gasteiger partial charge in [-0.1, -0.05) is 44.2 Å². The molecule has 2 nitrogen and oxygen atoms in total. The summed E-state index contributed by atoms with van der Waals surface area (Å²) in [6.07, 6.45) is 1.90. The van der Waals surface area contributed by atoms with E-state index < -0.39 is 5.60 Å². The Morgan fingerprint density at radius 1 is 1.06 bits per heavy atom. The Hall–Kier alpha value is -0.860. The van der Waals surface area contributed by atoms with E-state index in [9.17, 15) is 5.11 Å². The summed E-state index contributed by atoms with van der Waals surface area (Å²) in [5.74, 6) is 0. The van der Waals surface area contributed by atoms with Crippen LogP contribution in [0.15, 0.2) is 30.3 Å². The molecule has 0 aliphatic rings. The monoisotopic (exact) mass is 223 g/mol. The van der Waals surface area contributed by atoms with Crippen LogP contribution in [0.1, 0.15) is 39.7 Å². The Kier molecular flexibility index (Phi) is 5.17. The molecule has 0 bridgehead atoms. The minimum atomic E-state index is -0.641. The smallest absolute Gasteiger partial charge is 0.0648 e. The van der Waals surface area contributed by atoms with E-state index in [4.69, 9.17) is 0 Å². The minimum Gasteiger partial charge on any atom is -0.390 e. The van der Waals surface area contributed by atoms with E-state index in [0.717, 1.165) is 12.8 Å². The van der Waals surface area contributed by atoms with E-state index in [1.165, 1.54) is 5.56 Å². The van der Waals surface area contributed by atoms with Gasteiger partial charge in [-0.2, -0.15) is 0 Å². The van der Waals surface area contributed by atoms with Crippen LogP contribution in [0.25, 0.3) is 0 Å². The molecule has 0 heterocycles. The highest BCUT2D eigenvalue weighted by atomic mass is 16.3. The van der Waals surface area contributed by atoms with Gasteiger partial charge in [0, 0.05) is 0 Å². The second kappa shape index (κ2) is 5.46. The Morgan fingerprint density at radius 2 is 1.56 bits per heavy atom. The highest BCUT2D eigenvalue weighted by molar-refractivity contribution is 5.17. The maximum absolute atomic E-state index is 10.2. The van der Waals surface area contributed by atoms with Crippen molar-refractivity contribution in [1.29, 1.82) is 0 Å². The maximum Gasteiger partial charge on any atom is 0.0648 e. The zero-order valence-corrected chi connectivity index (χ0v) is 11.0. The van der Waals surface area contributed by atoms with E-state index in [0.29, 0.717) is 0 Å². The molecule has 0 saturated carbocycles. The molecule has 0 saturated heterocycles. The molecule has 1 unspecified atom stereocenters. The van der Waals surface area contributed by atoms with Gasteiger partial charge in [0.15, 0.2) is 0 Å². The predicted octanol–water partition coefficient (Wildman–Crippen LogP) is 3.58. The van der Waals surface area contributed by atoms with Gasteiger partial charge in [-0.15, -0.1) is 0 Å². The molecule has 0 aliphatic carbocycles. The lowest BCUT2D eigenvalue weighted by Crippen LogP contribution is -2.42. The Morgan fingerprint density at radius 3 is 1.94 bits per heavy atom. The van der Waals surface area contributed by atoms with E-state index in [1.54, 1.807) is 0 Å². The number of benzene rings is 1. The number of rotatable bonds is 4. The summed E-state index contributed by atoms with van der Waals surface area (Å²) >= 11 is 0. The van der Waals surface area contributed by atoms with Gasteiger partial charge in [-0.25, -0.2) is 0 Å². The molecule has 0 amide bonds. The highest BCUT2D eigenvalue weighted by Gasteiger charge is 2.37. The first-order chi connectivity index (χ1) is 6.89. The van der Waals surface area contributed by atoms with Crippen LogP contribution in [-0.2, 0) is 6.42 Å². The second-order valence-corrected chi connectivity index (χ2v) is 5.14. The van der Waals surface area contributed by atoms with Crippen LogP contribution in [0, 0.1) is 5.41 Å². The molecule has 1 aromatic carbocycles. The van der Waals surface area contributed by atoms with Crippen molar-refractivity contribution in [2.75, 3.05) is 0 Å². The fraction of sp³-hybridized carbons (Fsp3) is 0.571. The molecule has 1 atom stereocenters. The molecule has 0 radical (unpaired) electrons. The molecular weight excluding hydrogens is 198 g/mol. The molecule has 92 valence electrons. The largest absolute Gasteiger partial charge is 0.390 e. The van der Waals surface area contributed by atoms with Gasteiger partial charge in [0.05, 0.1) is 5.60 Å². The van der Waals surface area contributed by atoms with Crippen molar-refractivity contribution in [3.63, 3.8) is 0 Å². The third-order valence-corrected chi connectivity index (χ3v) is 3.69. The quantitative estimate of drug-likeness (QED) is 0.819. The molecule has 0 aliphatic heterocycles. The van der Waals surface area contributed by atoms with Crippen molar-refractivity contribution in [3.05, 3.63) is 35.9 Å². The summed E-state index contributed by atoms with van der Waals surface area (Å²) in [5.41, 5.74) is 0.593. The van der Waals surface area contributed by atoms with Crippen LogP contribution in [0.4, 0.5) is 0 Å². The van der Waals surface area contributed by atoms with Crippen molar-refractivity contribution < 1.29 is 5.11 Å². The zero-order valence-electron chi connectivity index (χ0n) is 11.0. The minimum absolute atomic E-state index is 0. The first-order valence-electron chi connectivity index (χ1n) is 5.65. The van der Waals surface area contributed by atoms with Crippen LogP contribution < -0.4 is 6.15 Å². The second-order valence-electron chi connectivity index (χ2n) is 5.14. The molecule has 4 N–H and O–H groups in total. The van der Waals surface area contributed by atoms with E-state index >= 15 is 0 Å². The fourth-order valence-corrected chi connectivity index (χ4v) is 1.82. The SMILES string of the molecule is CCC(C)(Cc1ccccc1)C(C)(C)O.N. The molecule has 16 heavy (non-hydrogen) atoms. The van der Waals surface area contributed by atoms with Crippen molar-refractivity contribution in [3.8, 4) is 0 Å². The van der Waals surface area contributed by atoms with E-state index in [-0.39, 0.29) is 11.6 Å². The lowest BCUT2D eigenvalue weighted by atomic mass is 9.69. The molecular formula is C14H25NO. The molecule has 1 rings (SSSR count). The fourth-order valence-electron chi connectivity index (χ4n) is 1.82. The van der Waals surface area contributed by atoms with Crippen LogP contribution in [-0.4, -0.2) is 10.7 Å². The lowest BCUT2D eigenvalue weighted by molar-refractivity contribution is -0.0476. The lowest BCUT2D eigenvalue weighted by Gasteiger charge is -2.40. The van der Waals surface area contributed by atoms with Gasteiger partial charge >= 0.3 is 0 Å². The van der Waals surface area contributed by atoms with Gasteiger partial charge in [0.1, 0.15) is 0 Å². The van der Waals surface area contributed by atoms with Crippen LogP contribution in [0.5, 0.6) is 0 Å². The summed E-state index contributed by atoms with van der Waals surface area (Å²) < 4.78 is 0. The maximum atomic E-state index is 10.2. The average molecular weight is 223 g/mol. The topological polar surface area (TPSA) is 55.2 Å². The summed E-state index contributed by atoms with van der Waals surface area (Å²) in [6.45, 7) is 8.10. The first kappa shape index (κ1) is 15.1. The standard InChI is InChI=1S/C14H22O.H3N/c1-5-14(4,13(2,3)15)11-12-9-7-6-8-10-12;/h6-10,15H,5,11H2,1-4H3;1H3. The van der Waals surface area contributed by atoms with Gasteiger partial charge < -0.3 is 11.3 Å². The highest BCUT2D eigenvalue weighted by Crippen LogP contribution is 2.37. The molecule has 0 fully saturated rings. The normalized spacial score (nSPS) is 15.1. The molecule has 2 heteroatoms. The van der Waals surface area contributed by atoms with Crippen molar-refractivity contribution >= 4 is 0 Å². The van der Waals surface area contributed by atoms with Crippen molar-refractivity contribution in [1.82, 2.24) is 6.15 Å². The third-order valence-electron chi connectivity index (χ3n) is 3.69. The van der Waals surface area contributed by atoms with Gasteiger partial charge in [-0.05, 0) is 37.7 Å². The summed E-state index contributed by atoms with van der Waals surface area (Å²) in [5, 5.41) is 10.2. The number of aliphatic hydroxyl groups is 1. The third kappa shape index (κ3) is 3.32. The van der Waals surface area contributed by atoms with Gasteiger partial charge in [0.2, 0.25) is 0 Å². The van der Waals surface area contributed by atoms with Crippen LogP contribution in [0.2, 0.25) is 0 Å². The Labute approximate surface area is 99.3 Å². The Balaban J connectivity index is 0.00000225. The molecule has 0 spiro atoms. The van der Waals surface area contributed by atoms with Crippen molar-refractivity contribution in [2.24, 2.45) is 5.41 Å². The van der Waals surface area contributed by atoms with Gasteiger partial charge in [0.25, 0.3) is 0 Å². The van der Waals surface area contributed by atoms with Crippen molar-refractivity contribution in [2.45, 2.75) is 46.1 Å². The first-order valence-corrected chi connectivity index (χ1v) is 5.65. The van der Waals surface area contributed by atoms with Gasteiger partial charge in [-0.3, -0.25) is 0 Å². The van der Waals surface area contributed by atoms with Crippen LogP contribution >= 0.6 is 0 Å². The zero-order chi connectivity index (χ0) is 11.5. The summed E-state index contributed by atoms with van der Waals surface area (Å²) in [4.78, 5) is 0. The van der Waals surface area contributed by atoms with Crippen LogP contribution in [0.3, 0.4) is 0 Å². The number of hydrogen-bond acceptors (Lipinski definition) is 2. The predicted molar refractivity (Wildman–Crippen MR) is 69.9 cm³/mol. The molecule has 1 aromatic rings. The van der Waals surface area contributed by atoms with E-state index in [1.807, 2.05) is 19.9 Å². The average Bonchev–Trinajstić information content (AvgIpc) is 2.17. The summed E-state index contributed by atoms with van der Waals surface area (Å²) in [6, 6.07) is 10.4. The van der Waals surface area contributed by atoms with E-state index in [2.05, 4.69) is 38.1 Å². The molecule has 0 aromatic heterocycles.